The summed E-state index contributed by atoms with van der Waals surface area (Å²) in [5.74, 6) is -1.03. The number of halogens is 2. The molecule has 3 nitrogen and oxygen atoms in total. The van der Waals surface area contributed by atoms with Gasteiger partial charge < -0.3 is 0 Å². The Kier molecular flexibility index (Phi) is 5.34. The van der Waals surface area contributed by atoms with E-state index in [1.165, 1.54) is 0 Å². The molecule has 0 bridgehead atoms. The molecule has 1 amide bonds. The van der Waals surface area contributed by atoms with Crippen molar-refractivity contribution in [3.05, 3.63) is 70.8 Å². The number of hydrogen-bond acceptors (Lipinski definition) is 3. The van der Waals surface area contributed by atoms with E-state index in [0.717, 1.165) is 73.2 Å². The molecule has 1 saturated carbocycles. The smallest absolute Gasteiger partial charge is 0.293 e. The molecule has 0 heterocycles. The summed E-state index contributed by atoms with van der Waals surface area (Å²) in [6.07, 6.45) is 5.45. The van der Waals surface area contributed by atoms with E-state index in [2.05, 4.69) is 0 Å². The number of nitrogens with two attached hydrogens (primary N) is 1. The zero-order chi connectivity index (χ0) is 19.7. The maximum atomic E-state index is 14.2. The van der Waals surface area contributed by atoms with Crippen LogP contribution >= 0.6 is 11.8 Å². The number of amides is 1. The SMILES string of the molecule is N=C(SC1([NH2+]C(=O)C2CCCC2)CCc2ccccc21)c1cc(F)ccc1F. The first kappa shape index (κ1) is 19.3. The van der Waals surface area contributed by atoms with Gasteiger partial charge in [-0.05, 0) is 54.8 Å². The Hall–Kier alpha value is -2.05. The molecular weight excluding hydrogens is 378 g/mol. The number of carbonyl (C=O) groups excluding carboxylic acids is 1. The first-order valence-electron chi connectivity index (χ1n) is 9.70. The number of fused-ring (bicyclic) bond motifs is 1. The number of quaternary nitrogens is 1. The van der Waals surface area contributed by atoms with Crippen molar-refractivity contribution in [2.75, 3.05) is 0 Å². The van der Waals surface area contributed by atoms with Crippen LogP contribution in [0.1, 0.15) is 48.8 Å². The van der Waals surface area contributed by atoms with Gasteiger partial charge in [0, 0.05) is 17.5 Å². The lowest BCUT2D eigenvalue weighted by Crippen LogP contribution is -2.97. The fraction of sp³-hybridized carbons (Fsp3) is 0.364. The minimum absolute atomic E-state index is 0.0466. The summed E-state index contributed by atoms with van der Waals surface area (Å²) in [5, 5.41) is 10.2. The molecule has 0 saturated heterocycles. The van der Waals surface area contributed by atoms with Crippen LogP contribution in [0.15, 0.2) is 42.5 Å². The van der Waals surface area contributed by atoms with Gasteiger partial charge in [0.15, 0.2) is 4.87 Å². The van der Waals surface area contributed by atoms with Crippen molar-refractivity contribution in [1.29, 1.82) is 5.41 Å². The first-order chi connectivity index (χ1) is 13.5. The summed E-state index contributed by atoms with van der Waals surface area (Å²) in [6, 6.07) is 11.1. The second-order valence-corrected chi connectivity index (χ2v) is 8.97. The molecule has 2 aromatic rings. The van der Waals surface area contributed by atoms with Gasteiger partial charge in [-0.1, -0.05) is 37.1 Å². The number of thioether (sulfide) groups is 1. The van der Waals surface area contributed by atoms with E-state index < -0.39 is 16.5 Å². The van der Waals surface area contributed by atoms with Crippen molar-refractivity contribution < 1.29 is 18.9 Å². The zero-order valence-corrected chi connectivity index (χ0v) is 16.3. The summed E-state index contributed by atoms with van der Waals surface area (Å²) in [5.41, 5.74) is 2.10. The second kappa shape index (κ2) is 7.76. The van der Waals surface area contributed by atoms with E-state index in [-0.39, 0.29) is 22.4 Å². The van der Waals surface area contributed by atoms with Gasteiger partial charge in [-0.2, -0.15) is 0 Å². The fourth-order valence-electron chi connectivity index (χ4n) is 4.36. The van der Waals surface area contributed by atoms with Crippen LogP contribution in [0.2, 0.25) is 0 Å². The van der Waals surface area contributed by atoms with Gasteiger partial charge in [-0.3, -0.25) is 10.7 Å². The number of nitrogens with one attached hydrogen (secondary N) is 1. The highest BCUT2D eigenvalue weighted by Gasteiger charge is 2.47. The third kappa shape index (κ3) is 3.63. The zero-order valence-electron chi connectivity index (χ0n) is 15.5. The Bertz CT molecular complexity index is 927. The molecule has 2 aliphatic carbocycles. The van der Waals surface area contributed by atoms with Crippen LogP contribution in [-0.4, -0.2) is 11.0 Å². The minimum atomic E-state index is -0.702. The molecule has 0 spiro atoms. The highest BCUT2D eigenvalue weighted by molar-refractivity contribution is 8.14. The summed E-state index contributed by atoms with van der Waals surface area (Å²) < 4.78 is 27.9. The van der Waals surface area contributed by atoms with E-state index in [9.17, 15) is 13.6 Å². The summed E-state index contributed by atoms with van der Waals surface area (Å²) >= 11 is 1.16. The Balaban J connectivity index is 1.67. The Labute approximate surface area is 167 Å². The molecule has 2 aliphatic rings. The predicted octanol–water partition coefficient (Wildman–Crippen LogP) is 4.10. The molecule has 1 atom stereocenters. The van der Waals surface area contributed by atoms with E-state index in [1.54, 1.807) is 5.32 Å². The van der Waals surface area contributed by atoms with E-state index >= 15 is 0 Å². The number of carbonyl (C=O) groups is 1. The Morgan fingerprint density at radius 1 is 1.14 bits per heavy atom. The lowest BCUT2D eigenvalue weighted by Gasteiger charge is -2.27. The monoisotopic (exact) mass is 401 g/mol. The fourth-order valence-corrected chi connectivity index (χ4v) is 5.68. The molecule has 0 radical (unpaired) electrons. The number of primary amides is 1. The third-order valence-electron chi connectivity index (χ3n) is 5.83. The highest BCUT2D eigenvalue weighted by Crippen LogP contribution is 2.44. The topological polar surface area (TPSA) is 57.5 Å². The maximum Gasteiger partial charge on any atom is 0.314 e. The minimum Gasteiger partial charge on any atom is -0.293 e. The van der Waals surface area contributed by atoms with Gasteiger partial charge in [-0.25, -0.2) is 13.6 Å². The van der Waals surface area contributed by atoms with Gasteiger partial charge in [-0.15, -0.1) is 0 Å². The molecule has 28 heavy (non-hydrogen) atoms. The molecular formula is C22H23F2N2OS+. The molecule has 146 valence electrons. The van der Waals surface area contributed by atoms with Crippen molar-refractivity contribution in [3.8, 4) is 0 Å². The van der Waals surface area contributed by atoms with E-state index in [1.807, 2.05) is 24.3 Å². The molecule has 0 aromatic heterocycles. The van der Waals surface area contributed by atoms with Crippen LogP contribution in [0.3, 0.4) is 0 Å². The van der Waals surface area contributed by atoms with Crippen molar-refractivity contribution in [2.24, 2.45) is 5.92 Å². The van der Waals surface area contributed by atoms with Crippen LogP contribution < -0.4 is 5.32 Å². The third-order valence-corrected chi connectivity index (χ3v) is 7.16. The van der Waals surface area contributed by atoms with Crippen LogP contribution in [0.25, 0.3) is 0 Å². The van der Waals surface area contributed by atoms with E-state index in [0.29, 0.717) is 6.42 Å². The predicted molar refractivity (Wildman–Crippen MR) is 106 cm³/mol. The van der Waals surface area contributed by atoms with Crippen molar-refractivity contribution >= 4 is 22.7 Å². The maximum absolute atomic E-state index is 14.2. The molecule has 6 heteroatoms. The van der Waals surface area contributed by atoms with Gasteiger partial charge in [0.1, 0.15) is 16.7 Å². The van der Waals surface area contributed by atoms with Gasteiger partial charge in [0.2, 0.25) is 0 Å². The number of hydrogen-bond donors (Lipinski definition) is 2. The molecule has 1 unspecified atom stereocenters. The lowest BCUT2D eigenvalue weighted by molar-refractivity contribution is -0.630. The average Bonchev–Trinajstić information content (AvgIpc) is 3.33. The van der Waals surface area contributed by atoms with Crippen molar-refractivity contribution in [3.63, 3.8) is 0 Å². The Morgan fingerprint density at radius 2 is 1.89 bits per heavy atom. The largest absolute Gasteiger partial charge is 0.314 e. The van der Waals surface area contributed by atoms with E-state index in [4.69, 9.17) is 5.41 Å². The summed E-state index contributed by atoms with van der Waals surface area (Å²) in [7, 11) is 0. The standard InChI is InChI=1S/C22H22F2N2OS/c23-16-9-10-19(24)17(13-16)20(25)28-22(26-21(27)15-6-1-2-7-15)12-11-14-5-3-4-8-18(14)22/h3-5,8-10,13,15,25H,1-2,6-7,11-12H2,(H,26,27)/p+1. The first-order valence-corrected chi connectivity index (χ1v) is 10.5. The van der Waals surface area contributed by atoms with Crippen LogP contribution in [-0.2, 0) is 16.1 Å². The second-order valence-electron chi connectivity index (χ2n) is 7.63. The number of aryl methyl sites for hydroxylation is 1. The van der Waals surface area contributed by atoms with Crippen LogP contribution in [0, 0.1) is 23.0 Å². The van der Waals surface area contributed by atoms with Crippen molar-refractivity contribution in [2.45, 2.75) is 43.4 Å². The summed E-state index contributed by atoms with van der Waals surface area (Å²) in [6.45, 7) is 0. The molecule has 0 aliphatic heterocycles. The summed E-state index contributed by atoms with van der Waals surface area (Å²) in [4.78, 5) is 12.3. The average molecular weight is 402 g/mol. The normalized spacial score (nSPS) is 21.6. The molecule has 3 N–H and O–H groups in total. The van der Waals surface area contributed by atoms with Crippen LogP contribution in [0.5, 0.6) is 0 Å². The van der Waals surface area contributed by atoms with Gasteiger partial charge in [0.05, 0.1) is 5.92 Å². The Morgan fingerprint density at radius 3 is 2.68 bits per heavy atom. The lowest BCUT2D eigenvalue weighted by atomic mass is 10.0. The highest BCUT2D eigenvalue weighted by atomic mass is 32.2. The molecule has 4 rings (SSSR count). The van der Waals surface area contributed by atoms with Crippen molar-refractivity contribution in [1.82, 2.24) is 0 Å². The van der Waals surface area contributed by atoms with Crippen LogP contribution in [0.4, 0.5) is 8.78 Å². The number of rotatable bonds is 4. The van der Waals surface area contributed by atoms with Gasteiger partial charge >= 0.3 is 5.91 Å². The molecule has 1 fully saturated rings. The number of benzene rings is 2. The quantitative estimate of drug-likeness (QED) is 0.460. The van der Waals surface area contributed by atoms with Gasteiger partial charge in [0.25, 0.3) is 0 Å². The molecule has 2 aromatic carbocycles.